The highest BCUT2D eigenvalue weighted by atomic mass is 32.1. The smallest absolute Gasteiger partial charge is 0.407 e. The lowest BCUT2D eigenvalue weighted by molar-refractivity contribution is 0.0889. The SMILES string of the molecule is Cc1c(S)cccc1OC1CCN(C(=O)O)CC1. The van der Waals surface area contributed by atoms with Gasteiger partial charge in [-0.1, -0.05) is 6.07 Å². The van der Waals surface area contributed by atoms with E-state index in [9.17, 15) is 4.79 Å². The molecule has 0 spiro atoms. The first-order valence-corrected chi connectivity index (χ1v) is 6.45. The summed E-state index contributed by atoms with van der Waals surface area (Å²) in [6, 6.07) is 5.77. The standard InChI is InChI=1S/C13H17NO3S/c1-9-11(3-2-4-12(9)18)17-10-5-7-14(8-6-10)13(15)16/h2-4,10,18H,5-8H2,1H3,(H,15,16). The van der Waals surface area contributed by atoms with E-state index in [0.717, 1.165) is 29.1 Å². The molecule has 1 aromatic rings. The Balaban J connectivity index is 1.96. The van der Waals surface area contributed by atoms with Gasteiger partial charge in [0.2, 0.25) is 0 Å². The number of carbonyl (C=O) groups is 1. The molecule has 1 aliphatic rings. The summed E-state index contributed by atoms with van der Waals surface area (Å²) in [6.45, 7) is 3.06. The first kappa shape index (κ1) is 13.1. The molecule has 0 bridgehead atoms. The van der Waals surface area contributed by atoms with Crippen LogP contribution < -0.4 is 4.74 Å². The van der Waals surface area contributed by atoms with Gasteiger partial charge in [-0.2, -0.15) is 0 Å². The van der Waals surface area contributed by atoms with Gasteiger partial charge in [0.05, 0.1) is 0 Å². The molecule has 1 heterocycles. The Hall–Kier alpha value is -1.36. The Morgan fingerprint density at radius 1 is 1.44 bits per heavy atom. The van der Waals surface area contributed by atoms with Gasteiger partial charge >= 0.3 is 6.09 Å². The Morgan fingerprint density at radius 3 is 2.72 bits per heavy atom. The van der Waals surface area contributed by atoms with Crippen molar-refractivity contribution in [3.63, 3.8) is 0 Å². The van der Waals surface area contributed by atoms with Crippen molar-refractivity contribution < 1.29 is 14.6 Å². The molecule has 1 saturated heterocycles. The maximum atomic E-state index is 10.8. The van der Waals surface area contributed by atoms with Crippen molar-refractivity contribution >= 4 is 18.7 Å². The fourth-order valence-corrected chi connectivity index (χ4v) is 2.27. The highest BCUT2D eigenvalue weighted by Gasteiger charge is 2.23. The minimum Gasteiger partial charge on any atom is -0.490 e. The summed E-state index contributed by atoms with van der Waals surface area (Å²) in [6.07, 6.45) is 0.724. The Morgan fingerprint density at radius 2 is 2.11 bits per heavy atom. The van der Waals surface area contributed by atoms with E-state index in [1.54, 1.807) is 0 Å². The molecule has 1 fully saturated rings. The van der Waals surface area contributed by atoms with Crippen LogP contribution in [0.25, 0.3) is 0 Å². The second kappa shape index (κ2) is 5.52. The molecule has 18 heavy (non-hydrogen) atoms. The number of thiol groups is 1. The molecule has 4 nitrogen and oxygen atoms in total. The number of likely N-dealkylation sites (tertiary alicyclic amines) is 1. The van der Waals surface area contributed by atoms with Crippen molar-refractivity contribution in [3.8, 4) is 5.75 Å². The van der Waals surface area contributed by atoms with Gasteiger partial charge in [0, 0.05) is 36.4 Å². The predicted octanol–water partition coefficient (Wildman–Crippen LogP) is 2.80. The molecule has 0 radical (unpaired) electrons. The molecule has 5 heteroatoms. The average Bonchev–Trinajstić information content (AvgIpc) is 2.36. The number of hydrogen-bond donors (Lipinski definition) is 2. The highest BCUT2D eigenvalue weighted by Crippen LogP contribution is 2.26. The monoisotopic (exact) mass is 267 g/mol. The van der Waals surface area contributed by atoms with E-state index in [0.29, 0.717) is 13.1 Å². The van der Waals surface area contributed by atoms with Crippen LogP contribution in [0.15, 0.2) is 23.1 Å². The zero-order valence-corrected chi connectivity index (χ0v) is 11.2. The number of rotatable bonds is 2. The van der Waals surface area contributed by atoms with Crippen molar-refractivity contribution in [2.45, 2.75) is 30.8 Å². The predicted molar refractivity (Wildman–Crippen MR) is 71.7 cm³/mol. The lowest BCUT2D eigenvalue weighted by atomic mass is 10.1. The minimum absolute atomic E-state index is 0.0921. The summed E-state index contributed by atoms with van der Waals surface area (Å²) in [4.78, 5) is 13.1. The van der Waals surface area contributed by atoms with Gasteiger partial charge in [0.1, 0.15) is 11.9 Å². The minimum atomic E-state index is -0.845. The zero-order chi connectivity index (χ0) is 13.1. The molecule has 0 saturated carbocycles. The molecule has 1 aliphatic heterocycles. The number of amides is 1. The van der Waals surface area contributed by atoms with Gasteiger partial charge in [-0.25, -0.2) is 4.79 Å². The van der Waals surface area contributed by atoms with E-state index in [1.807, 2.05) is 25.1 Å². The van der Waals surface area contributed by atoms with Crippen LogP contribution in [0.5, 0.6) is 5.75 Å². The van der Waals surface area contributed by atoms with E-state index in [-0.39, 0.29) is 6.10 Å². The molecule has 0 unspecified atom stereocenters. The fraction of sp³-hybridized carbons (Fsp3) is 0.462. The van der Waals surface area contributed by atoms with Crippen LogP contribution in [0.3, 0.4) is 0 Å². The molecular weight excluding hydrogens is 250 g/mol. The van der Waals surface area contributed by atoms with Crippen LogP contribution in [-0.4, -0.2) is 35.3 Å². The first-order valence-electron chi connectivity index (χ1n) is 6.01. The molecule has 0 atom stereocenters. The van der Waals surface area contributed by atoms with Crippen molar-refractivity contribution in [1.82, 2.24) is 4.90 Å². The van der Waals surface area contributed by atoms with E-state index >= 15 is 0 Å². The largest absolute Gasteiger partial charge is 0.490 e. The lowest BCUT2D eigenvalue weighted by Crippen LogP contribution is -2.41. The molecular formula is C13H17NO3S. The van der Waals surface area contributed by atoms with Gasteiger partial charge in [-0.05, 0) is 19.1 Å². The third kappa shape index (κ3) is 2.90. The van der Waals surface area contributed by atoms with Crippen LogP contribution in [0.1, 0.15) is 18.4 Å². The van der Waals surface area contributed by atoms with Crippen LogP contribution in [0.2, 0.25) is 0 Å². The van der Waals surface area contributed by atoms with Gasteiger partial charge in [0.25, 0.3) is 0 Å². The summed E-state index contributed by atoms with van der Waals surface area (Å²) in [5, 5.41) is 8.87. The number of ether oxygens (including phenoxy) is 1. The van der Waals surface area contributed by atoms with E-state index in [1.165, 1.54) is 4.90 Å². The van der Waals surface area contributed by atoms with Crippen molar-refractivity contribution in [2.75, 3.05) is 13.1 Å². The van der Waals surface area contributed by atoms with Gasteiger partial charge in [-0.15, -0.1) is 12.6 Å². The van der Waals surface area contributed by atoms with Gasteiger partial charge in [-0.3, -0.25) is 0 Å². The third-order valence-corrected chi connectivity index (χ3v) is 3.75. The molecule has 98 valence electrons. The van der Waals surface area contributed by atoms with Crippen molar-refractivity contribution in [3.05, 3.63) is 23.8 Å². The molecule has 1 N–H and O–H groups in total. The third-order valence-electron chi connectivity index (χ3n) is 3.26. The second-order valence-corrected chi connectivity index (χ2v) is 4.97. The van der Waals surface area contributed by atoms with Gasteiger partial charge in [0.15, 0.2) is 0 Å². The van der Waals surface area contributed by atoms with E-state index in [4.69, 9.17) is 9.84 Å². The van der Waals surface area contributed by atoms with E-state index in [2.05, 4.69) is 12.6 Å². The normalized spacial score (nSPS) is 16.7. The van der Waals surface area contributed by atoms with Crippen LogP contribution >= 0.6 is 12.6 Å². The fourth-order valence-electron chi connectivity index (χ4n) is 2.08. The summed E-state index contributed by atoms with van der Waals surface area (Å²) >= 11 is 4.36. The van der Waals surface area contributed by atoms with Crippen LogP contribution in [0.4, 0.5) is 4.79 Å². The quantitative estimate of drug-likeness (QED) is 0.810. The molecule has 0 aliphatic carbocycles. The number of nitrogens with zero attached hydrogens (tertiary/aromatic N) is 1. The number of carboxylic acid groups (broad SMARTS) is 1. The van der Waals surface area contributed by atoms with Gasteiger partial charge < -0.3 is 14.7 Å². The van der Waals surface area contributed by atoms with Crippen LogP contribution in [-0.2, 0) is 0 Å². The molecule has 1 amide bonds. The lowest BCUT2D eigenvalue weighted by Gasteiger charge is -2.30. The Bertz CT molecular complexity index is 442. The maximum Gasteiger partial charge on any atom is 0.407 e. The van der Waals surface area contributed by atoms with E-state index < -0.39 is 6.09 Å². The Labute approximate surface area is 112 Å². The first-order chi connectivity index (χ1) is 8.58. The van der Waals surface area contributed by atoms with Crippen molar-refractivity contribution in [1.29, 1.82) is 0 Å². The highest BCUT2D eigenvalue weighted by molar-refractivity contribution is 7.80. The Kier molecular flexibility index (Phi) is 4.01. The number of benzene rings is 1. The molecule has 2 rings (SSSR count). The molecule has 0 aromatic heterocycles. The van der Waals surface area contributed by atoms with Crippen LogP contribution in [0, 0.1) is 6.92 Å². The summed E-state index contributed by atoms with van der Waals surface area (Å²) < 4.78 is 5.93. The summed E-state index contributed by atoms with van der Waals surface area (Å²) in [5.74, 6) is 0.844. The second-order valence-electron chi connectivity index (χ2n) is 4.49. The number of piperidine rings is 1. The number of hydrogen-bond acceptors (Lipinski definition) is 3. The molecule has 1 aromatic carbocycles. The maximum absolute atomic E-state index is 10.8. The topological polar surface area (TPSA) is 49.8 Å². The summed E-state index contributed by atoms with van der Waals surface area (Å²) in [7, 11) is 0. The zero-order valence-electron chi connectivity index (χ0n) is 10.3. The average molecular weight is 267 g/mol. The van der Waals surface area contributed by atoms with Crippen molar-refractivity contribution in [2.24, 2.45) is 0 Å². The summed E-state index contributed by atoms with van der Waals surface area (Å²) in [5.41, 5.74) is 1.03.